The highest BCUT2D eigenvalue weighted by atomic mass is 35.5. The molecule has 0 saturated carbocycles. The number of nitrogens with one attached hydrogen (secondary N) is 1. The minimum absolute atomic E-state index is 0.0630. The fourth-order valence-corrected chi connectivity index (χ4v) is 8.27. The molecule has 0 aromatic heterocycles. The lowest BCUT2D eigenvalue weighted by Crippen LogP contribution is -2.59. The largest absolute Gasteiger partial charge is 0.493 e. The van der Waals surface area contributed by atoms with Crippen molar-refractivity contribution < 1.29 is 83.4 Å². The number of hydrogen-bond donors (Lipinski definition) is 1. The average Bonchev–Trinajstić information content (AvgIpc) is 3.75. The molecule has 7 rings (SSSR count). The highest BCUT2D eigenvalue weighted by Crippen LogP contribution is 2.52. The normalized spacial score (nSPS) is 26.7. The van der Waals surface area contributed by atoms with E-state index in [1.54, 1.807) is 19.9 Å². The lowest BCUT2D eigenvalue weighted by Gasteiger charge is -2.38. The van der Waals surface area contributed by atoms with Crippen LogP contribution in [-0.2, 0) is 50.3 Å². The van der Waals surface area contributed by atoms with Crippen LogP contribution in [0.5, 0.6) is 11.5 Å². The van der Waals surface area contributed by atoms with Crippen LogP contribution in [0.25, 0.3) is 0 Å². The maximum absolute atomic E-state index is 14.3. The lowest BCUT2D eigenvalue weighted by molar-refractivity contribution is -0.166. The van der Waals surface area contributed by atoms with Gasteiger partial charge in [0.05, 0.1) is 53.5 Å². The Morgan fingerprint density at radius 2 is 1.53 bits per heavy atom. The van der Waals surface area contributed by atoms with E-state index < -0.39 is 113 Å². The van der Waals surface area contributed by atoms with Gasteiger partial charge in [0.2, 0.25) is 11.5 Å². The number of amides is 1. The summed E-state index contributed by atoms with van der Waals surface area (Å²) in [7, 11) is 3.85. The van der Waals surface area contributed by atoms with Gasteiger partial charge in [-0.2, -0.15) is 26.3 Å². The van der Waals surface area contributed by atoms with Crippen molar-refractivity contribution >= 4 is 29.4 Å². The number of ether oxygens (including phenoxy) is 9. The summed E-state index contributed by atoms with van der Waals surface area (Å²) in [6, 6.07) is 8.99. The quantitative estimate of drug-likeness (QED) is 0.0988. The topological polar surface area (TPSA) is 146 Å². The van der Waals surface area contributed by atoms with Crippen molar-refractivity contribution in [1.82, 2.24) is 5.32 Å². The Labute approximate surface area is 378 Å². The molecule has 4 bridgehead atoms. The molecule has 20 heteroatoms. The van der Waals surface area contributed by atoms with Gasteiger partial charge in [-0.05, 0) is 80.8 Å². The molecular weight excluding hydrogens is 908 g/mol. The number of alkyl halides is 6. The SMILES string of the molecule is COCO[C@@H]1CC(=O)NC[C@@H](OC(=O)c2ccc(C(F)(F)F)cc2)[C@]2(OC(=O)c3ccc(C(F)(F)F)cc3)C#CC3=CC[C@H]4OC(C)(C)O[C@@]34[C@@H](C#C[C@H]2OC)Oc2c(OC)ccc1c2Cl. The Morgan fingerprint density at radius 1 is 0.894 bits per heavy atom. The van der Waals surface area contributed by atoms with Gasteiger partial charge < -0.3 is 47.9 Å². The summed E-state index contributed by atoms with van der Waals surface area (Å²) >= 11 is 7.12. The highest BCUT2D eigenvalue weighted by Gasteiger charge is 2.64. The third-order valence-corrected chi connectivity index (χ3v) is 11.4. The predicted octanol–water partition coefficient (Wildman–Crippen LogP) is 7.39. The van der Waals surface area contributed by atoms with Crippen LogP contribution in [0, 0.1) is 23.7 Å². The van der Waals surface area contributed by atoms with Crippen molar-refractivity contribution in [3.63, 3.8) is 0 Å². The number of halogens is 7. The molecule has 2 heterocycles. The third kappa shape index (κ3) is 9.42. The summed E-state index contributed by atoms with van der Waals surface area (Å²) in [6.07, 6.45) is -15.4. The number of rotatable bonds is 9. The van der Waals surface area contributed by atoms with Crippen molar-refractivity contribution in [3.05, 3.63) is 105 Å². The van der Waals surface area contributed by atoms with Crippen molar-refractivity contribution in [2.24, 2.45) is 0 Å². The molecule has 2 aliphatic heterocycles. The fraction of sp³-hybridized carbons (Fsp3) is 0.413. The zero-order chi connectivity index (χ0) is 47.8. The first-order valence-corrected chi connectivity index (χ1v) is 20.4. The first-order valence-electron chi connectivity index (χ1n) is 20.0. The van der Waals surface area contributed by atoms with E-state index in [9.17, 15) is 40.7 Å². The molecule has 1 amide bonds. The number of carbonyl (C=O) groups excluding carboxylic acids is 3. The first-order chi connectivity index (χ1) is 31.2. The molecule has 350 valence electrons. The molecular formula is C46H40ClF6NO12. The maximum atomic E-state index is 14.3. The number of esters is 2. The molecule has 0 unspecified atom stereocenters. The molecule has 7 atom stereocenters. The van der Waals surface area contributed by atoms with E-state index in [1.165, 1.54) is 26.4 Å². The molecule has 3 aromatic rings. The fourth-order valence-electron chi connectivity index (χ4n) is 7.94. The van der Waals surface area contributed by atoms with Gasteiger partial charge in [0.1, 0.15) is 12.9 Å². The molecule has 1 N–H and O–H groups in total. The van der Waals surface area contributed by atoms with Crippen LogP contribution < -0.4 is 14.8 Å². The van der Waals surface area contributed by atoms with Crippen LogP contribution >= 0.6 is 11.6 Å². The zero-order valence-electron chi connectivity index (χ0n) is 35.6. The van der Waals surface area contributed by atoms with E-state index in [0.29, 0.717) is 24.3 Å². The summed E-state index contributed by atoms with van der Waals surface area (Å²) in [4.78, 5) is 42.4. The Balaban J connectivity index is 1.48. The van der Waals surface area contributed by atoms with Gasteiger partial charge >= 0.3 is 24.3 Å². The van der Waals surface area contributed by atoms with Crippen LogP contribution in [-0.4, -0.2) is 93.9 Å². The van der Waals surface area contributed by atoms with Gasteiger partial charge in [-0.15, -0.1) is 0 Å². The molecule has 66 heavy (non-hydrogen) atoms. The van der Waals surface area contributed by atoms with Gasteiger partial charge in [-0.25, -0.2) is 9.59 Å². The standard InChI is InChI=1S/C46H40ClF6NO12/c1-42(2)64-35-17-14-27-20-21-43(65-41(57)26-8-12-29(13-9-26)46(51,52)53)33(60-5)18-19-34(44(27,35)66-42)62-39-31(59-4)16-15-30(38(39)47)32(61-24-58-3)22-37(55)54-23-36(43)63-40(56)25-6-10-28(11-7-25)45(48,49)50/h6-16,32-36H,17,22-24H2,1-5H3,(H,54,55)/t32-,33-,34-,35-,36-,43+,44-/m1/s1. The average molecular weight is 948 g/mol. The van der Waals surface area contributed by atoms with E-state index in [1.807, 2.05) is 0 Å². The number of hydrogen-bond acceptors (Lipinski definition) is 12. The lowest BCUT2D eigenvalue weighted by atomic mass is 9.86. The van der Waals surface area contributed by atoms with Crippen molar-refractivity contribution in [2.45, 2.75) is 86.6 Å². The van der Waals surface area contributed by atoms with Crippen LogP contribution in [0.4, 0.5) is 26.3 Å². The minimum Gasteiger partial charge on any atom is -0.493 e. The Hall–Kier alpha value is -5.80. The smallest absolute Gasteiger partial charge is 0.416 e. The highest BCUT2D eigenvalue weighted by molar-refractivity contribution is 6.33. The third-order valence-electron chi connectivity index (χ3n) is 11.0. The first kappa shape index (κ1) is 48.1. The number of benzene rings is 3. The van der Waals surface area contributed by atoms with Crippen LogP contribution in [0.1, 0.15) is 70.2 Å². The summed E-state index contributed by atoms with van der Waals surface area (Å²) in [5, 5.41) is 2.57. The van der Waals surface area contributed by atoms with E-state index >= 15 is 0 Å². The van der Waals surface area contributed by atoms with E-state index in [-0.39, 0.29) is 40.9 Å². The molecule has 4 aliphatic rings. The maximum Gasteiger partial charge on any atom is 0.416 e. The van der Waals surface area contributed by atoms with Crippen molar-refractivity contribution in [1.29, 1.82) is 0 Å². The van der Waals surface area contributed by atoms with E-state index in [4.69, 9.17) is 54.2 Å². The Bertz CT molecular complexity index is 2520. The Morgan fingerprint density at radius 3 is 2.12 bits per heavy atom. The summed E-state index contributed by atoms with van der Waals surface area (Å²) in [5.41, 5.74) is -6.97. The molecule has 1 fully saturated rings. The van der Waals surface area contributed by atoms with Crippen molar-refractivity contribution in [2.75, 3.05) is 34.7 Å². The van der Waals surface area contributed by atoms with Gasteiger partial charge in [-0.3, -0.25) is 4.79 Å². The number of fused-ring (bicyclic) bond motifs is 5. The monoisotopic (exact) mass is 947 g/mol. The number of carbonyl (C=O) groups is 3. The second-order valence-electron chi connectivity index (χ2n) is 15.7. The predicted molar refractivity (Wildman–Crippen MR) is 218 cm³/mol. The Kier molecular flexibility index (Phi) is 13.5. The molecule has 13 nitrogen and oxygen atoms in total. The summed E-state index contributed by atoms with van der Waals surface area (Å²) in [5.74, 6) is 7.16. The van der Waals surface area contributed by atoms with Crippen LogP contribution in [0.2, 0.25) is 5.02 Å². The van der Waals surface area contributed by atoms with Gasteiger partial charge in [0.15, 0.2) is 41.2 Å². The van der Waals surface area contributed by atoms with Crippen LogP contribution in [0.3, 0.4) is 0 Å². The van der Waals surface area contributed by atoms with E-state index in [0.717, 1.165) is 31.4 Å². The van der Waals surface area contributed by atoms with Crippen LogP contribution in [0.15, 0.2) is 72.3 Å². The van der Waals surface area contributed by atoms with Gasteiger partial charge in [0, 0.05) is 25.4 Å². The number of methoxy groups -OCH3 is 3. The second-order valence-corrected chi connectivity index (χ2v) is 16.1. The van der Waals surface area contributed by atoms with E-state index in [2.05, 4.69) is 29.0 Å². The van der Waals surface area contributed by atoms with Gasteiger partial charge in [0.25, 0.3) is 0 Å². The molecule has 1 saturated heterocycles. The molecule has 0 radical (unpaired) electrons. The minimum atomic E-state index is -4.77. The van der Waals surface area contributed by atoms with Crippen molar-refractivity contribution in [3.8, 4) is 35.2 Å². The molecule has 3 aromatic carbocycles. The second kappa shape index (κ2) is 18.5. The summed E-state index contributed by atoms with van der Waals surface area (Å²) < 4.78 is 136. The molecule has 1 spiro atoms. The molecule has 2 aliphatic carbocycles. The van der Waals surface area contributed by atoms with Gasteiger partial charge in [-0.1, -0.05) is 41.5 Å². The zero-order valence-corrected chi connectivity index (χ0v) is 36.4. The summed E-state index contributed by atoms with van der Waals surface area (Å²) in [6.45, 7) is 2.20.